The van der Waals surface area contributed by atoms with Crippen molar-refractivity contribution in [3.05, 3.63) is 0 Å². The van der Waals surface area contributed by atoms with Crippen molar-refractivity contribution >= 4 is 18.2 Å². The molecule has 6 nitrogen and oxygen atoms in total. The van der Waals surface area contributed by atoms with Crippen molar-refractivity contribution in [3.63, 3.8) is 0 Å². The van der Waals surface area contributed by atoms with E-state index >= 15 is 0 Å². The summed E-state index contributed by atoms with van der Waals surface area (Å²) in [6.07, 6.45) is 2.67. The van der Waals surface area contributed by atoms with Crippen molar-refractivity contribution in [2.45, 2.75) is 12.8 Å². The van der Waals surface area contributed by atoms with Crippen molar-refractivity contribution in [2.24, 2.45) is 5.16 Å². The number of esters is 1. The normalized spacial score (nSPS) is 16.4. The number of ether oxygens (including phenoxy) is 1. The first-order valence-electron chi connectivity index (χ1n) is 4.26. The second kappa shape index (κ2) is 5.21. The van der Waals surface area contributed by atoms with E-state index in [2.05, 4.69) is 14.7 Å². The van der Waals surface area contributed by atoms with Gasteiger partial charge in [0.05, 0.1) is 7.11 Å². The van der Waals surface area contributed by atoms with Gasteiger partial charge in [0, 0.05) is 13.0 Å². The molecular weight excluding hydrogens is 188 g/mol. The average Bonchev–Trinajstić information content (AvgIpc) is 2.58. The Kier molecular flexibility index (Phi) is 3.90. The van der Waals surface area contributed by atoms with Gasteiger partial charge in [0.1, 0.15) is 6.34 Å². The van der Waals surface area contributed by atoms with Crippen LogP contribution in [0.2, 0.25) is 0 Å². The number of carbonyl (C=O) groups excluding carboxylic acids is 2. The van der Waals surface area contributed by atoms with Crippen LogP contribution in [0.15, 0.2) is 5.16 Å². The summed E-state index contributed by atoms with van der Waals surface area (Å²) < 4.78 is 4.33. The standard InChI is InChI=1S/C8H12N2O4/c1-13-8(12)5-14-9-6-10-4-2-3-7(10)11/h6H,2-5H2,1H3. The molecule has 78 valence electrons. The van der Waals surface area contributed by atoms with E-state index in [1.807, 2.05) is 0 Å². The lowest BCUT2D eigenvalue weighted by atomic mass is 10.4. The van der Waals surface area contributed by atoms with Gasteiger partial charge in [-0.05, 0) is 6.42 Å². The first-order valence-corrected chi connectivity index (χ1v) is 4.26. The highest BCUT2D eigenvalue weighted by Crippen LogP contribution is 2.06. The Morgan fingerprint density at radius 2 is 2.50 bits per heavy atom. The number of likely N-dealkylation sites (tertiary alicyclic amines) is 1. The summed E-state index contributed by atoms with van der Waals surface area (Å²) >= 11 is 0. The van der Waals surface area contributed by atoms with E-state index in [0.29, 0.717) is 13.0 Å². The molecule has 0 spiro atoms. The van der Waals surface area contributed by atoms with Crippen LogP contribution < -0.4 is 0 Å². The van der Waals surface area contributed by atoms with Gasteiger partial charge in [0.2, 0.25) is 12.5 Å². The van der Waals surface area contributed by atoms with E-state index in [9.17, 15) is 9.59 Å². The molecule has 0 bridgehead atoms. The zero-order valence-corrected chi connectivity index (χ0v) is 7.93. The number of carbonyl (C=O) groups is 2. The van der Waals surface area contributed by atoms with Crippen LogP contribution in [0.3, 0.4) is 0 Å². The molecule has 1 amide bonds. The SMILES string of the molecule is COC(=O)CON=CN1CCCC1=O. The summed E-state index contributed by atoms with van der Waals surface area (Å²) in [4.78, 5) is 27.7. The smallest absolute Gasteiger partial charge is 0.346 e. The number of rotatable bonds is 4. The van der Waals surface area contributed by atoms with E-state index in [-0.39, 0.29) is 12.5 Å². The fourth-order valence-corrected chi connectivity index (χ4v) is 1.03. The summed E-state index contributed by atoms with van der Waals surface area (Å²) in [6, 6.07) is 0. The second-order valence-corrected chi connectivity index (χ2v) is 2.76. The van der Waals surface area contributed by atoms with Gasteiger partial charge in [-0.3, -0.25) is 4.79 Å². The van der Waals surface area contributed by atoms with Crippen LogP contribution in [0.5, 0.6) is 0 Å². The Balaban J connectivity index is 2.20. The highest BCUT2D eigenvalue weighted by atomic mass is 16.6. The summed E-state index contributed by atoms with van der Waals surface area (Å²) in [5, 5.41) is 3.47. The van der Waals surface area contributed by atoms with E-state index in [1.54, 1.807) is 0 Å². The van der Waals surface area contributed by atoms with Crippen LogP contribution in [0.4, 0.5) is 0 Å². The van der Waals surface area contributed by atoms with Gasteiger partial charge in [-0.2, -0.15) is 0 Å². The second-order valence-electron chi connectivity index (χ2n) is 2.76. The number of methoxy groups -OCH3 is 1. The van der Waals surface area contributed by atoms with E-state index in [1.165, 1.54) is 18.3 Å². The van der Waals surface area contributed by atoms with E-state index in [0.717, 1.165) is 6.42 Å². The summed E-state index contributed by atoms with van der Waals surface area (Å²) in [7, 11) is 1.26. The molecule has 1 saturated heterocycles. The molecule has 1 aliphatic rings. The number of hydrogen-bond acceptors (Lipinski definition) is 5. The Bertz CT molecular complexity index is 252. The molecule has 1 heterocycles. The number of amides is 1. The molecular formula is C8H12N2O4. The van der Waals surface area contributed by atoms with Crippen molar-refractivity contribution in [2.75, 3.05) is 20.3 Å². The van der Waals surface area contributed by atoms with Gasteiger partial charge in [0.15, 0.2) is 0 Å². The van der Waals surface area contributed by atoms with Gasteiger partial charge < -0.3 is 14.5 Å². The predicted molar refractivity (Wildman–Crippen MR) is 47.4 cm³/mol. The molecule has 1 aliphatic heterocycles. The van der Waals surface area contributed by atoms with Gasteiger partial charge >= 0.3 is 5.97 Å². The molecule has 0 saturated carbocycles. The summed E-state index contributed by atoms with van der Waals surface area (Å²) in [5.41, 5.74) is 0. The Morgan fingerprint density at radius 1 is 1.71 bits per heavy atom. The lowest BCUT2D eigenvalue weighted by molar-refractivity contribution is -0.145. The Hall–Kier alpha value is -1.59. The van der Waals surface area contributed by atoms with Crippen LogP contribution in [-0.2, 0) is 19.2 Å². The van der Waals surface area contributed by atoms with E-state index in [4.69, 9.17) is 0 Å². The minimum atomic E-state index is -0.505. The molecule has 0 radical (unpaired) electrons. The van der Waals surface area contributed by atoms with Gasteiger partial charge in [-0.1, -0.05) is 5.16 Å². The summed E-state index contributed by atoms with van der Waals surface area (Å²) in [5.74, 6) is -0.481. The van der Waals surface area contributed by atoms with Crippen LogP contribution in [-0.4, -0.2) is 43.4 Å². The maximum absolute atomic E-state index is 11.0. The molecule has 0 aliphatic carbocycles. The van der Waals surface area contributed by atoms with E-state index < -0.39 is 5.97 Å². The van der Waals surface area contributed by atoms with Gasteiger partial charge in [0.25, 0.3) is 0 Å². The maximum atomic E-state index is 11.0. The molecule has 6 heteroatoms. The van der Waals surface area contributed by atoms with Crippen molar-refractivity contribution in [1.29, 1.82) is 0 Å². The number of hydrogen-bond donors (Lipinski definition) is 0. The minimum absolute atomic E-state index is 0.0235. The van der Waals surface area contributed by atoms with Crippen LogP contribution >= 0.6 is 0 Å². The average molecular weight is 200 g/mol. The molecule has 0 N–H and O–H groups in total. The van der Waals surface area contributed by atoms with Crippen molar-refractivity contribution < 1.29 is 19.2 Å². The fraction of sp³-hybridized carbons (Fsp3) is 0.625. The Morgan fingerprint density at radius 3 is 3.07 bits per heavy atom. The highest BCUT2D eigenvalue weighted by Gasteiger charge is 2.18. The van der Waals surface area contributed by atoms with Crippen LogP contribution in [0.25, 0.3) is 0 Å². The molecule has 0 atom stereocenters. The largest absolute Gasteiger partial charge is 0.466 e. The monoisotopic (exact) mass is 200 g/mol. The Labute approximate surface area is 81.4 Å². The third-order valence-electron chi connectivity index (χ3n) is 1.78. The molecule has 0 unspecified atom stereocenters. The predicted octanol–water partition coefficient (Wildman–Crippen LogP) is -0.258. The van der Waals surface area contributed by atoms with Gasteiger partial charge in [-0.25, -0.2) is 4.79 Å². The maximum Gasteiger partial charge on any atom is 0.346 e. The zero-order chi connectivity index (χ0) is 10.4. The van der Waals surface area contributed by atoms with Gasteiger partial charge in [-0.15, -0.1) is 0 Å². The summed E-state index contributed by atoms with van der Waals surface area (Å²) in [6.45, 7) is 0.416. The molecule has 0 aromatic heterocycles. The third kappa shape index (κ3) is 3.04. The minimum Gasteiger partial charge on any atom is -0.466 e. The van der Waals surface area contributed by atoms with Crippen LogP contribution in [0, 0.1) is 0 Å². The highest BCUT2D eigenvalue weighted by molar-refractivity contribution is 5.89. The zero-order valence-electron chi connectivity index (χ0n) is 7.93. The lowest BCUT2D eigenvalue weighted by Crippen LogP contribution is -2.22. The first kappa shape index (κ1) is 10.5. The van der Waals surface area contributed by atoms with Crippen molar-refractivity contribution in [3.8, 4) is 0 Å². The molecule has 0 aromatic carbocycles. The number of nitrogens with zero attached hydrogens (tertiary/aromatic N) is 2. The molecule has 1 fully saturated rings. The first-order chi connectivity index (χ1) is 6.74. The number of oxime groups is 1. The topological polar surface area (TPSA) is 68.2 Å². The lowest BCUT2D eigenvalue weighted by Gasteiger charge is -2.06. The van der Waals surface area contributed by atoms with Crippen LogP contribution in [0.1, 0.15) is 12.8 Å². The third-order valence-corrected chi connectivity index (χ3v) is 1.78. The molecule has 0 aromatic rings. The fourth-order valence-electron chi connectivity index (χ4n) is 1.03. The molecule has 14 heavy (non-hydrogen) atoms. The quantitative estimate of drug-likeness (QED) is 0.271. The molecule has 1 rings (SSSR count). The van der Waals surface area contributed by atoms with Crippen molar-refractivity contribution in [1.82, 2.24) is 4.90 Å².